The molecule has 0 saturated carbocycles. The van der Waals surface area contributed by atoms with E-state index >= 15 is 0 Å². The second kappa shape index (κ2) is 10.9. The molecule has 5 rings (SSSR count). The standard InChI is InChI=1S/C27H24F3N5O5S2/c1-13(31)24-23(25(36)32-11-14-12-41-20-8-4-15(10-18(14)20)35-42(3,37)38)34-26(40-24)17-5-7-19(39-2)22-16(17)6-9-21(33-22)27(28,29)30/h4-10,12-13,35H,11,31H2,1-3H3,(H,32,36)/t13-/m0/s1. The number of hydrogen-bond acceptors (Lipinski definition) is 9. The van der Waals surface area contributed by atoms with Crippen molar-refractivity contribution in [3.05, 3.63) is 70.6 Å². The van der Waals surface area contributed by atoms with Gasteiger partial charge in [0.1, 0.15) is 17.0 Å². The van der Waals surface area contributed by atoms with Gasteiger partial charge in [0.15, 0.2) is 11.5 Å². The molecule has 0 spiro atoms. The third kappa shape index (κ3) is 5.89. The van der Waals surface area contributed by atoms with Gasteiger partial charge >= 0.3 is 6.18 Å². The number of carbonyl (C=O) groups excluding carboxylic acids is 1. The van der Waals surface area contributed by atoms with Gasteiger partial charge in [-0.3, -0.25) is 9.52 Å². The zero-order valence-corrected chi connectivity index (χ0v) is 24.0. The number of halogens is 3. The minimum atomic E-state index is -4.66. The summed E-state index contributed by atoms with van der Waals surface area (Å²) < 4.78 is 77.7. The molecule has 0 bridgehead atoms. The molecule has 0 aliphatic rings. The number of nitrogens with zero attached hydrogens (tertiary/aromatic N) is 2. The molecule has 4 N–H and O–H groups in total. The molecule has 0 unspecified atom stereocenters. The molecule has 1 atom stereocenters. The largest absolute Gasteiger partial charge is 0.494 e. The van der Waals surface area contributed by atoms with Crippen LogP contribution in [0.4, 0.5) is 18.9 Å². The Balaban J connectivity index is 1.47. The summed E-state index contributed by atoms with van der Waals surface area (Å²) in [6.45, 7) is 1.70. The highest BCUT2D eigenvalue weighted by Gasteiger charge is 2.33. The van der Waals surface area contributed by atoms with E-state index in [1.165, 1.54) is 30.6 Å². The van der Waals surface area contributed by atoms with Gasteiger partial charge in [-0.15, -0.1) is 11.3 Å². The fraction of sp³-hybridized carbons (Fsp3) is 0.222. The van der Waals surface area contributed by atoms with Crippen LogP contribution in [0.5, 0.6) is 5.75 Å². The van der Waals surface area contributed by atoms with Gasteiger partial charge in [0.25, 0.3) is 5.91 Å². The fourth-order valence-corrected chi connectivity index (χ4v) is 5.87. The molecule has 220 valence electrons. The summed E-state index contributed by atoms with van der Waals surface area (Å²) >= 11 is 1.43. The normalized spacial score (nSPS) is 12.9. The van der Waals surface area contributed by atoms with E-state index in [9.17, 15) is 26.4 Å². The van der Waals surface area contributed by atoms with Gasteiger partial charge in [0, 0.05) is 27.9 Å². The molecular formula is C27H24F3N5O5S2. The third-order valence-corrected chi connectivity index (χ3v) is 7.86. The Bertz CT molecular complexity index is 1930. The summed E-state index contributed by atoms with van der Waals surface area (Å²) in [5.41, 5.74) is 6.29. The lowest BCUT2D eigenvalue weighted by Gasteiger charge is -2.11. The number of amides is 1. The monoisotopic (exact) mass is 619 g/mol. The van der Waals surface area contributed by atoms with Gasteiger partial charge in [-0.05, 0) is 65.7 Å². The first-order chi connectivity index (χ1) is 19.7. The zero-order chi connectivity index (χ0) is 30.4. The molecule has 0 aliphatic heterocycles. The van der Waals surface area contributed by atoms with Crippen molar-refractivity contribution in [3.63, 3.8) is 0 Å². The van der Waals surface area contributed by atoms with Crippen LogP contribution < -0.4 is 20.5 Å². The molecule has 3 heterocycles. The topological polar surface area (TPSA) is 149 Å². The van der Waals surface area contributed by atoms with Gasteiger partial charge in [0.2, 0.25) is 15.9 Å². The minimum Gasteiger partial charge on any atom is -0.494 e. The number of fused-ring (bicyclic) bond motifs is 2. The molecule has 10 nitrogen and oxygen atoms in total. The summed E-state index contributed by atoms with van der Waals surface area (Å²) in [4.78, 5) is 21.4. The maximum absolute atomic E-state index is 13.3. The lowest BCUT2D eigenvalue weighted by Crippen LogP contribution is -2.25. The highest BCUT2D eigenvalue weighted by Crippen LogP contribution is 2.37. The number of pyridine rings is 1. The quantitative estimate of drug-likeness (QED) is 0.208. The van der Waals surface area contributed by atoms with E-state index in [0.717, 1.165) is 28.0 Å². The predicted molar refractivity (Wildman–Crippen MR) is 153 cm³/mol. The van der Waals surface area contributed by atoms with Crippen LogP contribution in [0.15, 0.2) is 52.3 Å². The Morgan fingerprint density at radius 3 is 2.57 bits per heavy atom. The number of anilines is 1. The summed E-state index contributed by atoms with van der Waals surface area (Å²) in [7, 11) is -2.15. The molecule has 0 radical (unpaired) electrons. The second-order valence-electron chi connectivity index (χ2n) is 9.46. The molecule has 0 fully saturated rings. The molecule has 5 aromatic rings. The molecule has 2 aromatic carbocycles. The van der Waals surface area contributed by atoms with Crippen LogP contribution in [0.2, 0.25) is 0 Å². The molecule has 0 aliphatic carbocycles. The first-order valence-corrected chi connectivity index (χ1v) is 15.1. The van der Waals surface area contributed by atoms with Crippen LogP contribution in [0, 0.1) is 0 Å². The van der Waals surface area contributed by atoms with Crippen LogP contribution in [0.25, 0.3) is 32.4 Å². The number of rotatable bonds is 8. The Kier molecular flexibility index (Phi) is 7.59. The number of nitrogens with one attached hydrogen (secondary N) is 2. The minimum absolute atomic E-state index is 0.0286. The SMILES string of the molecule is COc1ccc(-c2nc(C(=O)NCc3csc4ccc(NS(C)(=O)=O)cc34)c([C@H](C)N)o2)c2ccc(C(F)(F)F)nc12. The third-order valence-electron chi connectivity index (χ3n) is 6.24. The average Bonchev–Trinajstić information content (AvgIpc) is 3.54. The highest BCUT2D eigenvalue weighted by atomic mass is 32.2. The van der Waals surface area contributed by atoms with Gasteiger partial charge in [0.05, 0.1) is 19.4 Å². The average molecular weight is 620 g/mol. The van der Waals surface area contributed by atoms with Gasteiger partial charge < -0.3 is 20.2 Å². The molecule has 0 saturated heterocycles. The summed E-state index contributed by atoms with van der Waals surface area (Å²) in [5.74, 6) is -0.410. The Morgan fingerprint density at radius 2 is 1.90 bits per heavy atom. The Hall–Kier alpha value is -4.21. The lowest BCUT2D eigenvalue weighted by atomic mass is 10.1. The van der Waals surface area contributed by atoms with Crippen LogP contribution in [0.1, 0.15) is 40.5 Å². The first-order valence-electron chi connectivity index (χ1n) is 12.3. The van der Waals surface area contributed by atoms with Crippen molar-refractivity contribution < 1.29 is 35.5 Å². The summed E-state index contributed by atoms with van der Waals surface area (Å²) in [6, 6.07) is 9.45. The van der Waals surface area contributed by atoms with E-state index in [4.69, 9.17) is 14.9 Å². The van der Waals surface area contributed by atoms with E-state index in [0.29, 0.717) is 11.3 Å². The molecule has 1 amide bonds. The Morgan fingerprint density at radius 1 is 1.14 bits per heavy atom. The maximum Gasteiger partial charge on any atom is 0.433 e. The van der Waals surface area contributed by atoms with Gasteiger partial charge in [-0.2, -0.15) is 13.2 Å². The number of benzene rings is 2. The van der Waals surface area contributed by atoms with Crippen molar-refractivity contribution in [3.8, 4) is 17.2 Å². The predicted octanol–water partition coefficient (Wildman–Crippen LogP) is 5.45. The number of ether oxygens (including phenoxy) is 1. The number of alkyl halides is 3. The number of sulfonamides is 1. The molecule has 15 heteroatoms. The van der Waals surface area contributed by atoms with E-state index in [1.807, 2.05) is 5.38 Å². The zero-order valence-electron chi connectivity index (χ0n) is 22.4. The van der Waals surface area contributed by atoms with Crippen LogP contribution in [-0.4, -0.2) is 37.7 Å². The highest BCUT2D eigenvalue weighted by molar-refractivity contribution is 7.92. The number of aromatic nitrogens is 2. The summed E-state index contributed by atoms with van der Waals surface area (Å²) in [6.07, 6.45) is -3.61. The van der Waals surface area contributed by atoms with Crippen molar-refractivity contribution >= 4 is 53.9 Å². The molecule has 3 aromatic heterocycles. The van der Waals surface area contributed by atoms with Gasteiger partial charge in [-0.25, -0.2) is 18.4 Å². The lowest BCUT2D eigenvalue weighted by molar-refractivity contribution is -0.140. The number of thiophene rings is 1. The second-order valence-corrected chi connectivity index (χ2v) is 12.1. The van der Waals surface area contributed by atoms with Gasteiger partial charge in [-0.1, -0.05) is 0 Å². The number of hydrogen-bond donors (Lipinski definition) is 3. The van der Waals surface area contributed by atoms with Crippen LogP contribution in [0.3, 0.4) is 0 Å². The van der Waals surface area contributed by atoms with Crippen LogP contribution >= 0.6 is 11.3 Å². The van der Waals surface area contributed by atoms with E-state index in [2.05, 4.69) is 20.0 Å². The molecule has 42 heavy (non-hydrogen) atoms. The van der Waals surface area contributed by atoms with Crippen molar-refractivity contribution in [2.45, 2.75) is 25.7 Å². The van der Waals surface area contributed by atoms with E-state index in [1.54, 1.807) is 31.2 Å². The number of nitrogens with two attached hydrogens (primary N) is 1. The smallest absolute Gasteiger partial charge is 0.433 e. The van der Waals surface area contributed by atoms with Crippen LogP contribution in [-0.2, 0) is 22.7 Å². The Labute approximate surface area is 241 Å². The number of methoxy groups -OCH3 is 1. The van der Waals surface area contributed by atoms with E-state index < -0.39 is 33.8 Å². The van der Waals surface area contributed by atoms with Crippen molar-refractivity contribution in [1.82, 2.24) is 15.3 Å². The van der Waals surface area contributed by atoms with Crippen molar-refractivity contribution in [2.24, 2.45) is 5.73 Å². The number of oxazole rings is 1. The van der Waals surface area contributed by atoms with Crippen molar-refractivity contribution in [1.29, 1.82) is 0 Å². The maximum atomic E-state index is 13.3. The number of carbonyl (C=O) groups is 1. The van der Waals surface area contributed by atoms with E-state index in [-0.39, 0.29) is 40.5 Å². The first kappa shape index (κ1) is 29.3. The summed E-state index contributed by atoms with van der Waals surface area (Å²) in [5, 5.41) is 5.68. The molecular weight excluding hydrogens is 595 g/mol. The fourth-order valence-electron chi connectivity index (χ4n) is 4.38. The van der Waals surface area contributed by atoms with Crippen molar-refractivity contribution in [2.75, 3.05) is 18.1 Å².